The lowest BCUT2D eigenvalue weighted by Crippen LogP contribution is -2.38. The molecule has 0 atom stereocenters. The van der Waals surface area contributed by atoms with Crippen LogP contribution < -0.4 is 20.7 Å². The maximum Gasteiger partial charge on any atom is 0.355 e. The van der Waals surface area contributed by atoms with E-state index in [9.17, 15) is 4.79 Å². The number of carboxylic acids is 1. The number of anilines is 1. The third-order valence-corrected chi connectivity index (χ3v) is 2.53. The normalized spacial score (nSPS) is 14.8. The van der Waals surface area contributed by atoms with Crippen LogP contribution in [-0.2, 0) is 4.79 Å². The minimum absolute atomic E-state index is 0.140. The molecular weight excluding hydrogens is 222 g/mol. The zero-order valence-electron chi connectivity index (χ0n) is 9.52. The SMILES string of the molecule is COc1ccc(N2NNC(C(=O)O)=C2C)cc1. The molecule has 0 fully saturated rings. The van der Waals surface area contributed by atoms with Gasteiger partial charge in [-0.15, -0.1) is 5.53 Å². The van der Waals surface area contributed by atoms with E-state index in [0.29, 0.717) is 5.70 Å². The lowest BCUT2D eigenvalue weighted by molar-refractivity contribution is -0.133. The van der Waals surface area contributed by atoms with Crippen molar-refractivity contribution in [2.24, 2.45) is 0 Å². The van der Waals surface area contributed by atoms with Crippen molar-refractivity contribution in [2.75, 3.05) is 12.1 Å². The van der Waals surface area contributed by atoms with Crippen LogP contribution in [0.15, 0.2) is 35.7 Å². The summed E-state index contributed by atoms with van der Waals surface area (Å²) in [5.74, 6) is -0.244. The van der Waals surface area contributed by atoms with Gasteiger partial charge in [-0.1, -0.05) is 0 Å². The lowest BCUT2D eigenvalue weighted by Gasteiger charge is -2.18. The van der Waals surface area contributed by atoms with Crippen LogP contribution in [0, 0.1) is 0 Å². The van der Waals surface area contributed by atoms with Gasteiger partial charge < -0.3 is 9.84 Å². The molecule has 1 aromatic carbocycles. The Morgan fingerprint density at radius 1 is 1.35 bits per heavy atom. The Kier molecular flexibility index (Phi) is 2.88. The number of hydrazine groups is 2. The monoisotopic (exact) mass is 235 g/mol. The zero-order chi connectivity index (χ0) is 12.4. The van der Waals surface area contributed by atoms with Crippen LogP contribution in [0.5, 0.6) is 5.75 Å². The molecule has 0 bridgehead atoms. The van der Waals surface area contributed by atoms with E-state index in [1.54, 1.807) is 19.0 Å². The van der Waals surface area contributed by atoms with Crippen molar-refractivity contribution >= 4 is 11.7 Å². The number of ether oxygens (including phenoxy) is 1. The predicted molar refractivity (Wildman–Crippen MR) is 62.1 cm³/mol. The molecule has 2 rings (SSSR count). The van der Waals surface area contributed by atoms with Crippen molar-refractivity contribution in [2.45, 2.75) is 6.92 Å². The molecule has 0 spiro atoms. The molecule has 0 saturated carbocycles. The van der Waals surface area contributed by atoms with Gasteiger partial charge >= 0.3 is 5.97 Å². The Labute approximate surface area is 98.4 Å². The van der Waals surface area contributed by atoms with Gasteiger partial charge in [-0.05, 0) is 31.2 Å². The second-order valence-electron chi connectivity index (χ2n) is 3.54. The number of nitrogens with one attached hydrogen (secondary N) is 2. The van der Waals surface area contributed by atoms with Gasteiger partial charge in [0, 0.05) is 0 Å². The Morgan fingerprint density at radius 2 is 2.00 bits per heavy atom. The Balaban J connectivity index is 2.27. The molecule has 1 heterocycles. The van der Waals surface area contributed by atoms with E-state index in [1.807, 2.05) is 24.3 Å². The molecule has 1 aromatic rings. The summed E-state index contributed by atoms with van der Waals surface area (Å²) in [6, 6.07) is 7.29. The summed E-state index contributed by atoms with van der Waals surface area (Å²) in [6.07, 6.45) is 0. The van der Waals surface area contributed by atoms with Gasteiger partial charge in [0.1, 0.15) is 5.75 Å². The first kappa shape index (κ1) is 11.3. The summed E-state index contributed by atoms with van der Waals surface area (Å²) in [5.41, 5.74) is 6.95. The second kappa shape index (κ2) is 4.34. The number of aliphatic carboxylic acids is 1. The number of rotatable bonds is 3. The number of benzene rings is 1. The van der Waals surface area contributed by atoms with Crippen LogP contribution in [0.4, 0.5) is 5.69 Å². The molecule has 0 unspecified atom stereocenters. The number of hydrogen-bond donors (Lipinski definition) is 3. The van der Waals surface area contributed by atoms with Crippen molar-refractivity contribution in [1.29, 1.82) is 0 Å². The molecule has 90 valence electrons. The predicted octanol–water partition coefficient (Wildman–Crippen LogP) is 0.840. The van der Waals surface area contributed by atoms with Crippen LogP contribution in [-0.4, -0.2) is 18.2 Å². The molecule has 0 amide bonds. The van der Waals surface area contributed by atoms with E-state index in [0.717, 1.165) is 11.4 Å². The average Bonchev–Trinajstić information content (AvgIpc) is 2.71. The molecule has 0 aromatic heterocycles. The van der Waals surface area contributed by atoms with Crippen molar-refractivity contribution < 1.29 is 14.6 Å². The van der Waals surface area contributed by atoms with Crippen LogP contribution in [0.1, 0.15) is 6.92 Å². The number of carboxylic acid groups (broad SMARTS) is 1. The van der Waals surface area contributed by atoms with Crippen molar-refractivity contribution in [3.05, 3.63) is 35.7 Å². The molecule has 0 aliphatic carbocycles. The Morgan fingerprint density at radius 3 is 2.47 bits per heavy atom. The molecule has 17 heavy (non-hydrogen) atoms. The number of methoxy groups -OCH3 is 1. The summed E-state index contributed by atoms with van der Waals surface area (Å²) in [4.78, 5) is 10.9. The number of hydrogen-bond acceptors (Lipinski definition) is 5. The fourth-order valence-electron chi connectivity index (χ4n) is 1.60. The van der Waals surface area contributed by atoms with Crippen LogP contribution in [0.25, 0.3) is 0 Å². The van der Waals surface area contributed by atoms with E-state index in [1.165, 1.54) is 0 Å². The highest BCUT2D eigenvalue weighted by molar-refractivity contribution is 5.88. The standard InChI is InChI=1S/C11H13N3O3/c1-7-10(11(15)16)12-13-14(7)8-3-5-9(17-2)6-4-8/h3-6,12-13H,1-2H3,(H,15,16). The van der Waals surface area contributed by atoms with Crippen LogP contribution in [0.2, 0.25) is 0 Å². The molecule has 1 aliphatic rings. The third-order valence-electron chi connectivity index (χ3n) is 2.53. The maximum absolute atomic E-state index is 10.9. The molecular formula is C11H13N3O3. The minimum atomic E-state index is -0.994. The van der Waals surface area contributed by atoms with Gasteiger partial charge in [0.15, 0.2) is 5.70 Å². The van der Waals surface area contributed by atoms with Crippen molar-refractivity contribution in [3.63, 3.8) is 0 Å². The van der Waals surface area contributed by atoms with E-state index in [2.05, 4.69) is 11.0 Å². The van der Waals surface area contributed by atoms with Gasteiger partial charge in [-0.25, -0.2) is 4.79 Å². The highest BCUT2D eigenvalue weighted by atomic mass is 16.5. The fraction of sp³-hybridized carbons (Fsp3) is 0.182. The molecule has 3 N–H and O–H groups in total. The smallest absolute Gasteiger partial charge is 0.355 e. The quantitative estimate of drug-likeness (QED) is 0.721. The van der Waals surface area contributed by atoms with E-state index in [4.69, 9.17) is 9.84 Å². The second-order valence-corrected chi connectivity index (χ2v) is 3.54. The molecule has 6 nitrogen and oxygen atoms in total. The van der Waals surface area contributed by atoms with E-state index in [-0.39, 0.29) is 5.70 Å². The molecule has 0 saturated heterocycles. The molecule has 6 heteroatoms. The maximum atomic E-state index is 10.9. The molecule has 0 radical (unpaired) electrons. The highest BCUT2D eigenvalue weighted by Crippen LogP contribution is 2.23. The molecule has 1 aliphatic heterocycles. The summed E-state index contributed by atoms with van der Waals surface area (Å²) >= 11 is 0. The highest BCUT2D eigenvalue weighted by Gasteiger charge is 2.24. The van der Waals surface area contributed by atoms with Gasteiger partial charge in [-0.3, -0.25) is 10.4 Å². The van der Waals surface area contributed by atoms with Gasteiger partial charge in [0.2, 0.25) is 0 Å². The Bertz CT molecular complexity index is 467. The summed E-state index contributed by atoms with van der Waals surface area (Å²) in [5, 5.41) is 10.6. The zero-order valence-corrected chi connectivity index (χ0v) is 9.52. The van der Waals surface area contributed by atoms with Gasteiger partial charge in [0.25, 0.3) is 0 Å². The third kappa shape index (κ3) is 2.02. The number of allylic oxidation sites excluding steroid dienone is 1. The minimum Gasteiger partial charge on any atom is -0.497 e. The number of nitrogens with zero attached hydrogens (tertiary/aromatic N) is 1. The first-order valence-corrected chi connectivity index (χ1v) is 5.03. The summed E-state index contributed by atoms with van der Waals surface area (Å²) in [6.45, 7) is 1.72. The van der Waals surface area contributed by atoms with Crippen molar-refractivity contribution in [3.8, 4) is 5.75 Å². The lowest BCUT2D eigenvalue weighted by atomic mass is 10.2. The van der Waals surface area contributed by atoms with E-state index >= 15 is 0 Å². The fourth-order valence-corrected chi connectivity index (χ4v) is 1.60. The average molecular weight is 235 g/mol. The summed E-state index contributed by atoms with van der Waals surface area (Å²) < 4.78 is 5.06. The van der Waals surface area contributed by atoms with E-state index < -0.39 is 5.97 Å². The van der Waals surface area contributed by atoms with Gasteiger partial charge in [-0.2, -0.15) is 0 Å². The van der Waals surface area contributed by atoms with Crippen molar-refractivity contribution in [1.82, 2.24) is 11.0 Å². The Hall–Kier alpha value is -2.21. The first-order chi connectivity index (χ1) is 8.13. The van der Waals surface area contributed by atoms with Crippen LogP contribution in [0.3, 0.4) is 0 Å². The van der Waals surface area contributed by atoms with Gasteiger partial charge in [0.05, 0.1) is 18.5 Å². The topological polar surface area (TPSA) is 73.8 Å². The summed E-state index contributed by atoms with van der Waals surface area (Å²) in [7, 11) is 1.60. The first-order valence-electron chi connectivity index (χ1n) is 5.03. The van der Waals surface area contributed by atoms with Crippen LogP contribution >= 0.6 is 0 Å². The number of carbonyl (C=O) groups is 1. The largest absolute Gasteiger partial charge is 0.497 e.